The molecule has 2 aliphatic rings. The summed E-state index contributed by atoms with van der Waals surface area (Å²) in [4.78, 5) is 42.7. The fraction of sp³-hybridized carbons (Fsp3) is 0.550. The third-order valence-electron chi connectivity index (χ3n) is 5.71. The summed E-state index contributed by atoms with van der Waals surface area (Å²) in [5.41, 5.74) is 6.09. The van der Waals surface area contributed by atoms with E-state index in [-0.39, 0.29) is 41.6 Å². The van der Waals surface area contributed by atoms with Gasteiger partial charge < -0.3 is 21.3 Å². The average Bonchev–Trinajstić information content (AvgIpc) is 3.12. The number of nitrogens with one attached hydrogen (secondary N) is 3. The lowest BCUT2D eigenvalue weighted by Crippen LogP contribution is -2.50. The fourth-order valence-electron chi connectivity index (χ4n) is 3.85. The van der Waals surface area contributed by atoms with Crippen LogP contribution < -0.4 is 16.4 Å². The predicted molar refractivity (Wildman–Crippen MR) is 118 cm³/mol. The largest absolute Gasteiger partial charge is 0.374 e. The summed E-state index contributed by atoms with van der Waals surface area (Å²) < 4.78 is -0.791. The SMILES string of the molecule is Cc1cc(C(=N)C(N)=O)c(NCC(=O)N2CCCC2C(=O)NC(C)C2CC2(Cl)Cl)cn1. The molecule has 3 amide bonds. The summed E-state index contributed by atoms with van der Waals surface area (Å²) >= 11 is 12.2. The van der Waals surface area contributed by atoms with Crippen molar-refractivity contribution in [1.29, 1.82) is 5.41 Å². The van der Waals surface area contributed by atoms with Gasteiger partial charge in [0.2, 0.25) is 11.8 Å². The van der Waals surface area contributed by atoms with Crippen LogP contribution in [-0.4, -0.2) is 62.8 Å². The zero-order valence-corrected chi connectivity index (χ0v) is 18.9. The Hall–Kier alpha value is -2.39. The maximum atomic E-state index is 12.8. The number of carbonyl (C=O) groups is 3. The molecule has 1 aromatic rings. The van der Waals surface area contributed by atoms with E-state index in [2.05, 4.69) is 15.6 Å². The molecule has 3 rings (SSSR count). The monoisotopic (exact) mass is 468 g/mol. The Balaban J connectivity index is 1.62. The normalized spacial score (nSPS) is 22.5. The Morgan fingerprint density at radius 3 is 2.71 bits per heavy atom. The number of carbonyl (C=O) groups excluding carboxylic acids is 3. The lowest BCUT2D eigenvalue weighted by atomic mass is 10.1. The molecule has 0 aromatic carbocycles. The number of nitrogens with two attached hydrogens (primary N) is 1. The van der Waals surface area contributed by atoms with E-state index < -0.39 is 16.3 Å². The summed E-state index contributed by atoms with van der Waals surface area (Å²) in [5.74, 6) is -1.36. The molecule has 5 N–H and O–H groups in total. The van der Waals surface area contributed by atoms with Gasteiger partial charge in [0.05, 0.1) is 18.4 Å². The number of amides is 3. The molecule has 1 saturated heterocycles. The second-order valence-corrected chi connectivity index (χ2v) is 9.62. The number of halogens is 2. The molecule has 2 fully saturated rings. The number of likely N-dealkylation sites (tertiary alicyclic amines) is 1. The first-order chi connectivity index (χ1) is 14.5. The van der Waals surface area contributed by atoms with E-state index in [1.807, 2.05) is 6.92 Å². The van der Waals surface area contributed by atoms with Gasteiger partial charge in [-0.3, -0.25) is 24.8 Å². The van der Waals surface area contributed by atoms with E-state index in [1.54, 1.807) is 13.0 Å². The molecule has 1 saturated carbocycles. The van der Waals surface area contributed by atoms with Gasteiger partial charge in [-0.05, 0) is 39.2 Å². The van der Waals surface area contributed by atoms with Crippen molar-refractivity contribution in [2.24, 2.45) is 11.7 Å². The third kappa shape index (κ3) is 5.27. The van der Waals surface area contributed by atoms with Gasteiger partial charge in [-0.15, -0.1) is 23.2 Å². The molecule has 168 valence electrons. The minimum atomic E-state index is -0.876. The van der Waals surface area contributed by atoms with Crippen molar-refractivity contribution in [3.8, 4) is 0 Å². The first kappa shape index (κ1) is 23.3. The number of pyridine rings is 1. The van der Waals surface area contributed by atoms with Gasteiger partial charge in [-0.25, -0.2) is 0 Å². The Kier molecular flexibility index (Phi) is 6.76. The molecular weight excluding hydrogens is 443 g/mol. The molecule has 1 aliphatic carbocycles. The van der Waals surface area contributed by atoms with Crippen LogP contribution in [0.25, 0.3) is 0 Å². The molecule has 31 heavy (non-hydrogen) atoms. The van der Waals surface area contributed by atoms with E-state index in [1.165, 1.54) is 11.1 Å². The number of primary amides is 1. The van der Waals surface area contributed by atoms with E-state index >= 15 is 0 Å². The van der Waals surface area contributed by atoms with Gasteiger partial charge in [-0.2, -0.15) is 0 Å². The number of hydrogen-bond acceptors (Lipinski definition) is 6. The quantitative estimate of drug-likeness (QED) is 0.336. The van der Waals surface area contributed by atoms with Crippen molar-refractivity contribution in [3.63, 3.8) is 0 Å². The second kappa shape index (κ2) is 9.00. The van der Waals surface area contributed by atoms with Crippen LogP contribution in [-0.2, 0) is 14.4 Å². The van der Waals surface area contributed by atoms with Crippen LogP contribution in [0.4, 0.5) is 5.69 Å². The molecule has 0 radical (unpaired) electrons. The van der Waals surface area contributed by atoms with E-state index in [9.17, 15) is 14.4 Å². The standard InChI is InChI=1S/C20H26Cl2N6O3/c1-10-6-12(17(23)18(24)30)14(8-25-10)26-9-16(29)28-5-3-4-15(28)19(31)27-11(2)13-7-20(13,21)22/h6,8,11,13,15,23,26H,3-5,7,9H2,1-2H3,(H2,24,30)(H,27,31). The Morgan fingerprint density at radius 2 is 2.10 bits per heavy atom. The predicted octanol–water partition coefficient (Wildman–Crippen LogP) is 1.34. The molecule has 1 aliphatic heterocycles. The molecule has 2 heterocycles. The smallest absolute Gasteiger partial charge is 0.267 e. The van der Waals surface area contributed by atoms with Crippen molar-refractivity contribution >= 4 is 52.3 Å². The Morgan fingerprint density at radius 1 is 1.42 bits per heavy atom. The number of nitrogens with zero attached hydrogens (tertiary/aromatic N) is 2. The minimum Gasteiger partial charge on any atom is -0.374 e. The van der Waals surface area contributed by atoms with Crippen LogP contribution in [0.1, 0.15) is 37.4 Å². The summed E-state index contributed by atoms with van der Waals surface area (Å²) in [5, 5.41) is 13.7. The van der Waals surface area contributed by atoms with E-state index in [4.69, 9.17) is 34.3 Å². The summed E-state index contributed by atoms with van der Waals surface area (Å²) in [7, 11) is 0. The van der Waals surface area contributed by atoms with Crippen molar-refractivity contribution < 1.29 is 14.4 Å². The van der Waals surface area contributed by atoms with Gasteiger partial charge in [-0.1, -0.05) is 0 Å². The van der Waals surface area contributed by atoms with Crippen LogP contribution in [0.2, 0.25) is 0 Å². The number of rotatable bonds is 8. The first-order valence-corrected chi connectivity index (χ1v) is 10.8. The van der Waals surface area contributed by atoms with Gasteiger partial charge in [0.15, 0.2) is 0 Å². The molecule has 0 bridgehead atoms. The Bertz CT molecular complexity index is 922. The van der Waals surface area contributed by atoms with Crippen molar-refractivity contribution in [1.82, 2.24) is 15.2 Å². The van der Waals surface area contributed by atoms with Crippen LogP contribution in [0.3, 0.4) is 0 Å². The van der Waals surface area contributed by atoms with Gasteiger partial charge in [0.1, 0.15) is 16.1 Å². The van der Waals surface area contributed by atoms with Gasteiger partial charge in [0.25, 0.3) is 5.91 Å². The molecule has 11 heteroatoms. The number of anilines is 1. The van der Waals surface area contributed by atoms with E-state index in [0.29, 0.717) is 30.8 Å². The highest BCUT2D eigenvalue weighted by Gasteiger charge is 2.55. The lowest BCUT2D eigenvalue weighted by molar-refractivity contribution is -0.137. The molecule has 9 nitrogen and oxygen atoms in total. The zero-order valence-electron chi connectivity index (χ0n) is 17.4. The number of alkyl halides is 2. The van der Waals surface area contributed by atoms with Crippen molar-refractivity contribution in [3.05, 3.63) is 23.5 Å². The molecule has 0 spiro atoms. The number of aryl methyl sites for hydroxylation is 1. The van der Waals surface area contributed by atoms with Crippen molar-refractivity contribution in [2.75, 3.05) is 18.4 Å². The van der Waals surface area contributed by atoms with E-state index in [0.717, 1.165) is 6.42 Å². The first-order valence-electron chi connectivity index (χ1n) is 10.1. The minimum absolute atomic E-state index is 0.0000339. The fourth-order valence-corrected chi connectivity index (χ4v) is 4.56. The second-order valence-electron chi connectivity index (χ2n) is 8.08. The summed E-state index contributed by atoms with van der Waals surface area (Å²) in [6.07, 6.45) is 3.37. The van der Waals surface area contributed by atoms with Crippen LogP contribution in [0.5, 0.6) is 0 Å². The Labute approximate surface area is 190 Å². The summed E-state index contributed by atoms with van der Waals surface area (Å²) in [6.45, 7) is 3.94. The molecular formula is C20H26Cl2N6O3. The molecule has 3 unspecified atom stereocenters. The molecule has 3 atom stereocenters. The topological polar surface area (TPSA) is 141 Å². The lowest BCUT2D eigenvalue weighted by Gasteiger charge is -2.26. The number of aromatic nitrogens is 1. The maximum Gasteiger partial charge on any atom is 0.267 e. The van der Waals surface area contributed by atoms with Crippen LogP contribution in [0, 0.1) is 18.3 Å². The van der Waals surface area contributed by atoms with Gasteiger partial charge in [0, 0.05) is 29.8 Å². The highest BCUT2D eigenvalue weighted by Crippen LogP contribution is 2.54. The number of hydrogen-bond donors (Lipinski definition) is 4. The zero-order chi connectivity index (χ0) is 22.9. The molecule has 1 aromatic heterocycles. The third-order valence-corrected chi connectivity index (χ3v) is 6.58. The van der Waals surface area contributed by atoms with Crippen LogP contribution >= 0.6 is 23.2 Å². The average molecular weight is 469 g/mol. The van der Waals surface area contributed by atoms with Gasteiger partial charge >= 0.3 is 0 Å². The highest BCUT2D eigenvalue weighted by molar-refractivity contribution is 6.51. The highest BCUT2D eigenvalue weighted by atomic mass is 35.5. The maximum absolute atomic E-state index is 12.8. The van der Waals surface area contributed by atoms with Crippen molar-refractivity contribution in [2.45, 2.75) is 49.5 Å². The summed E-state index contributed by atoms with van der Waals surface area (Å²) in [6, 6.07) is 0.813. The van der Waals surface area contributed by atoms with Crippen LogP contribution in [0.15, 0.2) is 12.3 Å².